The molecule has 1 heterocycles. The molecule has 0 aromatic carbocycles. The highest BCUT2D eigenvalue weighted by Crippen LogP contribution is 2.05. The van der Waals surface area contributed by atoms with E-state index in [2.05, 4.69) is 17.2 Å². The predicted octanol–water partition coefficient (Wildman–Crippen LogP) is 1.58. The zero-order valence-corrected chi connectivity index (χ0v) is 8.68. The Morgan fingerprint density at radius 2 is 2.38 bits per heavy atom. The van der Waals surface area contributed by atoms with Gasteiger partial charge in [0.25, 0.3) is 0 Å². The average molecular weight is 184 g/mol. The maximum absolute atomic E-state index is 5.12. The lowest BCUT2D eigenvalue weighted by atomic mass is 10.1. The van der Waals surface area contributed by atoms with Gasteiger partial charge in [-0.25, -0.2) is 0 Å². The molecule has 0 saturated heterocycles. The predicted molar refractivity (Wildman–Crippen MR) is 55.2 cm³/mol. The first-order valence-corrected chi connectivity index (χ1v) is 5.15. The quantitative estimate of drug-likeness (QED) is 0.719. The minimum absolute atomic E-state index is 0.432. The molecule has 0 radical (unpaired) electrons. The molecule has 1 aliphatic heterocycles. The van der Waals surface area contributed by atoms with Crippen molar-refractivity contribution in [2.45, 2.75) is 38.6 Å². The number of amidine groups is 1. The van der Waals surface area contributed by atoms with Crippen LogP contribution in [0.1, 0.15) is 32.6 Å². The van der Waals surface area contributed by atoms with Crippen molar-refractivity contribution in [2.24, 2.45) is 4.99 Å². The Labute approximate surface area is 80.6 Å². The second-order valence-corrected chi connectivity index (χ2v) is 3.49. The van der Waals surface area contributed by atoms with Gasteiger partial charge < -0.3 is 10.1 Å². The molecule has 0 aliphatic carbocycles. The van der Waals surface area contributed by atoms with E-state index in [1.165, 1.54) is 18.7 Å². The van der Waals surface area contributed by atoms with E-state index in [-0.39, 0.29) is 0 Å². The highest BCUT2D eigenvalue weighted by molar-refractivity contribution is 5.82. The molecule has 1 rings (SSSR count). The van der Waals surface area contributed by atoms with Crippen LogP contribution in [0.2, 0.25) is 0 Å². The third-order valence-electron chi connectivity index (χ3n) is 2.36. The molecule has 0 spiro atoms. The summed E-state index contributed by atoms with van der Waals surface area (Å²) >= 11 is 0. The van der Waals surface area contributed by atoms with Gasteiger partial charge in [-0.1, -0.05) is 6.92 Å². The van der Waals surface area contributed by atoms with E-state index >= 15 is 0 Å². The van der Waals surface area contributed by atoms with E-state index in [0.717, 1.165) is 26.0 Å². The molecular weight excluding hydrogens is 164 g/mol. The first-order chi connectivity index (χ1) is 6.36. The molecule has 13 heavy (non-hydrogen) atoms. The number of hydrogen-bond donors (Lipinski definition) is 1. The standard InChI is InChI=1S/C10H20N2O/c1-3-9(8-13-2)12-10-6-4-5-7-11-10/h9H,3-8H2,1-2H3,(H,11,12). The van der Waals surface area contributed by atoms with Crippen LogP contribution < -0.4 is 5.32 Å². The Kier molecular flexibility index (Phi) is 4.83. The van der Waals surface area contributed by atoms with Gasteiger partial charge in [0.15, 0.2) is 0 Å². The van der Waals surface area contributed by atoms with Crippen LogP contribution in [0.4, 0.5) is 0 Å². The zero-order chi connectivity index (χ0) is 9.52. The number of aliphatic imine (C=N–C) groups is 1. The minimum atomic E-state index is 0.432. The fraction of sp³-hybridized carbons (Fsp3) is 0.900. The van der Waals surface area contributed by atoms with E-state index in [9.17, 15) is 0 Å². The maximum atomic E-state index is 5.12. The van der Waals surface area contributed by atoms with Crippen LogP contribution in [0, 0.1) is 0 Å². The van der Waals surface area contributed by atoms with Gasteiger partial charge in [-0.05, 0) is 19.3 Å². The Hall–Kier alpha value is -0.570. The molecule has 1 atom stereocenters. The monoisotopic (exact) mass is 184 g/mol. The average Bonchev–Trinajstić information content (AvgIpc) is 2.19. The molecule has 1 aliphatic rings. The molecule has 0 aromatic heterocycles. The summed E-state index contributed by atoms with van der Waals surface area (Å²) in [7, 11) is 1.74. The number of rotatable bonds is 4. The number of hydrogen-bond acceptors (Lipinski definition) is 3. The summed E-state index contributed by atoms with van der Waals surface area (Å²) < 4.78 is 5.12. The first kappa shape index (κ1) is 10.5. The van der Waals surface area contributed by atoms with E-state index in [4.69, 9.17) is 4.74 Å². The summed E-state index contributed by atoms with van der Waals surface area (Å²) in [5.41, 5.74) is 0. The normalized spacial score (nSPS) is 19.4. The largest absolute Gasteiger partial charge is 0.383 e. The maximum Gasteiger partial charge on any atom is 0.0965 e. The summed E-state index contributed by atoms with van der Waals surface area (Å²) in [6.07, 6.45) is 4.72. The molecule has 3 heteroatoms. The highest BCUT2D eigenvalue weighted by atomic mass is 16.5. The molecule has 1 unspecified atom stereocenters. The van der Waals surface area contributed by atoms with Crippen molar-refractivity contribution < 1.29 is 4.74 Å². The van der Waals surface area contributed by atoms with Crippen molar-refractivity contribution in [1.29, 1.82) is 0 Å². The van der Waals surface area contributed by atoms with Crippen LogP contribution in [-0.2, 0) is 4.74 Å². The van der Waals surface area contributed by atoms with Gasteiger partial charge in [0, 0.05) is 20.1 Å². The van der Waals surface area contributed by atoms with Crippen LogP contribution in [0.25, 0.3) is 0 Å². The van der Waals surface area contributed by atoms with Gasteiger partial charge in [-0.3, -0.25) is 4.99 Å². The fourth-order valence-electron chi connectivity index (χ4n) is 1.51. The topological polar surface area (TPSA) is 33.6 Å². The van der Waals surface area contributed by atoms with Crippen LogP contribution in [-0.4, -0.2) is 32.1 Å². The van der Waals surface area contributed by atoms with Gasteiger partial charge in [0.1, 0.15) is 0 Å². The molecule has 0 fully saturated rings. The molecule has 0 amide bonds. The second-order valence-electron chi connectivity index (χ2n) is 3.49. The van der Waals surface area contributed by atoms with E-state index in [0.29, 0.717) is 6.04 Å². The molecule has 1 N–H and O–H groups in total. The molecular formula is C10H20N2O. The lowest BCUT2D eigenvalue weighted by Crippen LogP contribution is -2.38. The zero-order valence-electron chi connectivity index (χ0n) is 8.68. The Morgan fingerprint density at radius 3 is 2.92 bits per heavy atom. The summed E-state index contributed by atoms with van der Waals surface area (Å²) in [5.74, 6) is 1.18. The Balaban J connectivity index is 2.31. The highest BCUT2D eigenvalue weighted by Gasteiger charge is 2.10. The second kappa shape index (κ2) is 5.97. The summed E-state index contributed by atoms with van der Waals surface area (Å²) in [6, 6.07) is 0.432. The van der Waals surface area contributed by atoms with Crippen molar-refractivity contribution in [1.82, 2.24) is 5.32 Å². The van der Waals surface area contributed by atoms with E-state index in [1.54, 1.807) is 7.11 Å². The smallest absolute Gasteiger partial charge is 0.0965 e. The first-order valence-electron chi connectivity index (χ1n) is 5.15. The molecule has 0 aromatic rings. The molecule has 0 bridgehead atoms. The number of ether oxygens (including phenoxy) is 1. The lowest BCUT2D eigenvalue weighted by molar-refractivity contribution is 0.172. The fourth-order valence-corrected chi connectivity index (χ4v) is 1.51. The summed E-state index contributed by atoms with van der Waals surface area (Å²) in [4.78, 5) is 4.45. The number of nitrogens with one attached hydrogen (secondary N) is 1. The summed E-state index contributed by atoms with van der Waals surface area (Å²) in [5, 5.41) is 3.43. The van der Waals surface area contributed by atoms with E-state index in [1.807, 2.05) is 0 Å². The van der Waals surface area contributed by atoms with Crippen molar-refractivity contribution in [3.8, 4) is 0 Å². The van der Waals surface area contributed by atoms with Crippen LogP contribution in [0.15, 0.2) is 4.99 Å². The van der Waals surface area contributed by atoms with Crippen molar-refractivity contribution in [3.63, 3.8) is 0 Å². The Morgan fingerprint density at radius 1 is 1.54 bits per heavy atom. The van der Waals surface area contributed by atoms with Gasteiger partial charge in [-0.15, -0.1) is 0 Å². The van der Waals surface area contributed by atoms with Gasteiger partial charge in [-0.2, -0.15) is 0 Å². The van der Waals surface area contributed by atoms with Gasteiger partial charge in [0.05, 0.1) is 18.5 Å². The van der Waals surface area contributed by atoms with Gasteiger partial charge in [0.2, 0.25) is 0 Å². The van der Waals surface area contributed by atoms with Crippen LogP contribution in [0.3, 0.4) is 0 Å². The SMILES string of the molecule is CCC(COC)NC1=NCCCC1. The molecule has 0 saturated carbocycles. The third-order valence-corrected chi connectivity index (χ3v) is 2.36. The van der Waals surface area contributed by atoms with Crippen LogP contribution >= 0.6 is 0 Å². The molecule has 3 nitrogen and oxygen atoms in total. The van der Waals surface area contributed by atoms with Crippen molar-refractivity contribution in [3.05, 3.63) is 0 Å². The lowest BCUT2D eigenvalue weighted by Gasteiger charge is -2.20. The summed E-state index contributed by atoms with van der Waals surface area (Å²) in [6.45, 7) is 3.93. The third kappa shape index (κ3) is 3.77. The van der Waals surface area contributed by atoms with Crippen LogP contribution in [0.5, 0.6) is 0 Å². The van der Waals surface area contributed by atoms with E-state index < -0.39 is 0 Å². The number of methoxy groups -OCH3 is 1. The van der Waals surface area contributed by atoms with Crippen molar-refractivity contribution in [2.75, 3.05) is 20.3 Å². The number of nitrogens with zero attached hydrogens (tertiary/aromatic N) is 1. The molecule has 76 valence electrons. The Bertz CT molecular complexity index is 168. The van der Waals surface area contributed by atoms with Gasteiger partial charge >= 0.3 is 0 Å². The van der Waals surface area contributed by atoms with Crippen molar-refractivity contribution >= 4 is 5.84 Å². The minimum Gasteiger partial charge on any atom is -0.383 e.